The Labute approximate surface area is 107 Å². The molecular formula is C13H19NO2S. The number of hydrogen-bond donors (Lipinski definition) is 1. The van der Waals surface area contributed by atoms with Crippen LogP contribution in [-0.2, 0) is 0 Å². The first kappa shape index (κ1) is 12.7. The molecule has 4 heteroatoms. The number of aliphatic hydroxyl groups is 1. The van der Waals surface area contributed by atoms with E-state index in [9.17, 15) is 5.11 Å². The SMILES string of the molecule is CSc1ccc(OCCN2CC[C@H](O)C2)cc1. The maximum absolute atomic E-state index is 9.39. The van der Waals surface area contributed by atoms with Gasteiger partial charge in [0.05, 0.1) is 6.10 Å². The van der Waals surface area contributed by atoms with Crippen LogP contribution in [0.1, 0.15) is 6.42 Å². The predicted octanol–water partition coefficient (Wildman–Crippen LogP) is 1.85. The molecule has 1 N–H and O–H groups in total. The smallest absolute Gasteiger partial charge is 0.119 e. The van der Waals surface area contributed by atoms with Gasteiger partial charge in [-0.25, -0.2) is 0 Å². The summed E-state index contributed by atoms with van der Waals surface area (Å²) < 4.78 is 5.67. The monoisotopic (exact) mass is 253 g/mol. The zero-order chi connectivity index (χ0) is 12.1. The molecule has 17 heavy (non-hydrogen) atoms. The third kappa shape index (κ3) is 3.91. The summed E-state index contributed by atoms with van der Waals surface area (Å²) in [5.74, 6) is 0.919. The van der Waals surface area contributed by atoms with Crippen molar-refractivity contribution >= 4 is 11.8 Å². The molecule has 0 aromatic heterocycles. The van der Waals surface area contributed by atoms with E-state index in [2.05, 4.69) is 23.3 Å². The van der Waals surface area contributed by atoms with Crippen molar-refractivity contribution in [1.29, 1.82) is 0 Å². The molecular weight excluding hydrogens is 234 g/mol. The van der Waals surface area contributed by atoms with Crippen LogP contribution in [0.15, 0.2) is 29.2 Å². The van der Waals surface area contributed by atoms with Crippen molar-refractivity contribution in [1.82, 2.24) is 4.90 Å². The van der Waals surface area contributed by atoms with E-state index in [4.69, 9.17) is 4.74 Å². The molecule has 0 saturated carbocycles. The number of rotatable bonds is 5. The maximum Gasteiger partial charge on any atom is 0.119 e. The minimum Gasteiger partial charge on any atom is -0.492 e. The summed E-state index contributed by atoms with van der Waals surface area (Å²) in [6.07, 6.45) is 2.81. The van der Waals surface area contributed by atoms with Crippen LogP contribution in [0.25, 0.3) is 0 Å². The van der Waals surface area contributed by atoms with Crippen LogP contribution >= 0.6 is 11.8 Å². The van der Waals surface area contributed by atoms with E-state index < -0.39 is 0 Å². The third-order valence-corrected chi connectivity index (χ3v) is 3.73. The summed E-state index contributed by atoms with van der Waals surface area (Å²) in [5, 5.41) is 9.39. The maximum atomic E-state index is 9.39. The lowest BCUT2D eigenvalue weighted by molar-refractivity contribution is 0.167. The molecule has 1 atom stereocenters. The summed E-state index contributed by atoms with van der Waals surface area (Å²) in [6.45, 7) is 3.34. The Morgan fingerprint density at radius 3 is 2.76 bits per heavy atom. The molecule has 94 valence electrons. The van der Waals surface area contributed by atoms with Gasteiger partial charge in [-0.05, 0) is 36.9 Å². The summed E-state index contributed by atoms with van der Waals surface area (Å²) in [5.41, 5.74) is 0. The van der Waals surface area contributed by atoms with Crippen molar-refractivity contribution in [3.63, 3.8) is 0 Å². The molecule has 0 radical (unpaired) electrons. The van der Waals surface area contributed by atoms with Gasteiger partial charge in [-0.2, -0.15) is 0 Å². The van der Waals surface area contributed by atoms with Gasteiger partial charge in [-0.15, -0.1) is 11.8 Å². The van der Waals surface area contributed by atoms with Gasteiger partial charge in [0.2, 0.25) is 0 Å². The lowest BCUT2D eigenvalue weighted by atomic mass is 10.3. The second-order valence-corrected chi connectivity index (χ2v) is 5.15. The molecule has 1 saturated heterocycles. The van der Waals surface area contributed by atoms with E-state index in [0.29, 0.717) is 6.61 Å². The molecule has 1 aliphatic heterocycles. The first-order chi connectivity index (χ1) is 8.28. The van der Waals surface area contributed by atoms with E-state index in [1.165, 1.54) is 4.90 Å². The number of ether oxygens (including phenoxy) is 1. The number of aliphatic hydroxyl groups excluding tert-OH is 1. The molecule has 1 heterocycles. The fourth-order valence-electron chi connectivity index (χ4n) is 1.98. The molecule has 0 amide bonds. The van der Waals surface area contributed by atoms with E-state index in [1.54, 1.807) is 11.8 Å². The highest BCUT2D eigenvalue weighted by atomic mass is 32.2. The van der Waals surface area contributed by atoms with Gasteiger partial charge in [0, 0.05) is 24.5 Å². The molecule has 1 aromatic rings. The Kier molecular flexibility index (Phi) is 4.71. The van der Waals surface area contributed by atoms with Gasteiger partial charge in [0.25, 0.3) is 0 Å². The predicted molar refractivity (Wildman–Crippen MR) is 70.8 cm³/mol. The third-order valence-electron chi connectivity index (χ3n) is 2.98. The largest absolute Gasteiger partial charge is 0.492 e. The van der Waals surface area contributed by atoms with Crippen LogP contribution in [0.5, 0.6) is 5.75 Å². The van der Waals surface area contributed by atoms with E-state index in [0.717, 1.165) is 31.8 Å². The number of nitrogens with zero attached hydrogens (tertiary/aromatic N) is 1. The average molecular weight is 253 g/mol. The number of benzene rings is 1. The minimum atomic E-state index is -0.143. The molecule has 0 unspecified atom stereocenters. The molecule has 2 rings (SSSR count). The standard InChI is InChI=1S/C13H19NO2S/c1-17-13-4-2-12(3-5-13)16-9-8-14-7-6-11(15)10-14/h2-5,11,15H,6-10H2,1H3/t11-/m0/s1. The molecule has 1 fully saturated rings. The van der Waals surface area contributed by atoms with E-state index >= 15 is 0 Å². The van der Waals surface area contributed by atoms with Crippen molar-refractivity contribution in [2.75, 3.05) is 32.5 Å². The zero-order valence-electron chi connectivity index (χ0n) is 10.1. The Morgan fingerprint density at radius 1 is 1.41 bits per heavy atom. The fraction of sp³-hybridized carbons (Fsp3) is 0.538. The second-order valence-electron chi connectivity index (χ2n) is 4.27. The highest BCUT2D eigenvalue weighted by Crippen LogP contribution is 2.19. The van der Waals surface area contributed by atoms with Crippen molar-refractivity contribution in [3.05, 3.63) is 24.3 Å². The van der Waals surface area contributed by atoms with Gasteiger partial charge < -0.3 is 9.84 Å². The highest BCUT2D eigenvalue weighted by Gasteiger charge is 2.19. The van der Waals surface area contributed by atoms with Gasteiger partial charge in [-0.1, -0.05) is 0 Å². The van der Waals surface area contributed by atoms with Gasteiger partial charge >= 0.3 is 0 Å². The number of β-amino-alcohol motifs (C(OH)–C–C–N with tert-alkyl or cyclic N) is 1. The molecule has 0 spiro atoms. The molecule has 1 aromatic carbocycles. The first-order valence-corrected chi connectivity index (χ1v) is 7.17. The Bertz CT molecular complexity index is 342. The number of likely N-dealkylation sites (tertiary alicyclic amines) is 1. The van der Waals surface area contributed by atoms with Gasteiger partial charge in [0.1, 0.15) is 12.4 Å². The zero-order valence-corrected chi connectivity index (χ0v) is 10.9. The minimum absolute atomic E-state index is 0.143. The quantitative estimate of drug-likeness (QED) is 0.812. The topological polar surface area (TPSA) is 32.7 Å². The summed E-state index contributed by atoms with van der Waals surface area (Å²) in [6, 6.07) is 8.15. The Hall–Kier alpha value is -0.710. The summed E-state index contributed by atoms with van der Waals surface area (Å²) >= 11 is 1.73. The summed E-state index contributed by atoms with van der Waals surface area (Å²) in [7, 11) is 0. The molecule has 1 aliphatic rings. The van der Waals surface area contributed by atoms with Crippen LogP contribution < -0.4 is 4.74 Å². The van der Waals surface area contributed by atoms with Crippen molar-refractivity contribution in [2.45, 2.75) is 17.4 Å². The van der Waals surface area contributed by atoms with Crippen molar-refractivity contribution < 1.29 is 9.84 Å². The normalized spacial score (nSPS) is 20.7. The van der Waals surface area contributed by atoms with Crippen LogP contribution in [0, 0.1) is 0 Å². The Morgan fingerprint density at radius 2 is 2.18 bits per heavy atom. The molecule has 3 nitrogen and oxygen atoms in total. The number of thioether (sulfide) groups is 1. The van der Waals surface area contributed by atoms with Crippen LogP contribution in [0.2, 0.25) is 0 Å². The number of hydrogen-bond acceptors (Lipinski definition) is 4. The summed E-state index contributed by atoms with van der Waals surface area (Å²) in [4.78, 5) is 3.49. The second kappa shape index (κ2) is 6.28. The van der Waals surface area contributed by atoms with Crippen molar-refractivity contribution in [3.8, 4) is 5.75 Å². The van der Waals surface area contributed by atoms with Gasteiger partial charge in [0.15, 0.2) is 0 Å². The molecule has 0 aliphatic carbocycles. The van der Waals surface area contributed by atoms with Crippen LogP contribution in [-0.4, -0.2) is 48.6 Å². The fourth-order valence-corrected chi connectivity index (χ4v) is 2.39. The molecule has 0 bridgehead atoms. The average Bonchev–Trinajstić information content (AvgIpc) is 2.76. The lowest BCUT2D eigenvalue weighted by Gasteiger charge is -2.15. The van der Waals surface area contributed by atoms with Gasteiger partial charge in [-0.3, -0.25) is 4.90 Å². The van der Waals surface area contributed by atoms with Crippen LogP contribution in [0.3, 0.4) is 0 Å². The van der Waals surface area contributed by atoms with Crippen LogP contribution in [0.4, 0.5) is 0 Å². The first-order valence-electron chi connectivity index (χ1n) is 5.95. The van der Waals surface area contributed by atoms with Crippen molar-refractivity contribution in [2.24, 2.45) is 0 Å². The highest BCUT2D eigenvalue weighted by molar-refractivity contribution is 7.98. The van der Waals surface area contributed by atoms with E-state index in [-0.39, 0.29) is 6.10 Å². The lowest BCUT2D eigenvalue weighted by Crippen LogP contribution is -2.27. The Balaban J connectivity index is 1.70. The van der Waals surface area contributed by atoms with E-state index in [1.807, 2.05) is 12.1 Å².